The number of hydrogen-bond donors (Lipinski definition) is 1. The molecule has 1 heterocycles. The molecule has 0 spiro atoms. The third-order valence-electron chi connectivity index (χ3n) is 4.15. The third-order valence-corrected chi connectivity index (χ3v) is 5.22. The van der Waals surface area contributed by atoms with Crippen molar-refractivity contribution in [1.29, 1.82) is 0 Å². The van der Waals surface area contributed by atoms with Crippen LogP contribution in [0, 0.1) is 0 Å². The first-order valence-electron chi connectivity index (χ1n) is 9.00. The molecular formula is C22H22N2O4S. The highest BCUT2D eigenvalue weighted by molar-refractivity contribution is 8.00. The summed E-state index contributed by atoms with van der Waals surface area (Å²) in [4.78, 5) is 27.5. The normalized spacial score (nSPS) is 10.4. The first-order chi connectivity index (χ1) is 14.1. The number of carbonyl (C=O) groups excluding carboxylic acids is 2. The molecule has 2 amide bonds. The van der Waals surface area contributed by atoms with Crippen molar-refractivity contribution in [3.8, 4) is 5.75 Å². The molecule has 0 aliphatic heterocycles. The van der Waals surface area contributed by atoms with Crippen LogP contribution in [0.25, 0.3) is 0 Å². The van der Waals surface area contributed by atoms with Crippen molar-refractivity contribution < 1.29 is 18.7 Å². The van der Waals surface area contributed by atoms with E-state index in [1.165, 1.54) is 11.8 Å². The Morgan fingerprint density at radius 1 is 1.10 bits per heavy atom. The largest absolute Gasteiger partial charge is 0.497 e. The summed E-state index contributed by atoms with van der Waals surface area (Å²) in [7, 11) is 3.30. The van der Waals surface area contributed by atoms with E-state index in [9.17, 15) is 9.59 Å². The number of benzene rings is 2. The number of thioether (sulfide) groups is 1. The van der Waals surface area contributed by atoms with Crippen molar-refractivity contribution in [2.45, 2.75) is 11.4 Å². The Kier molecular flexibility index (Phi) is 6.97. The molecule has 0 bridgehead atoms. The summed E-state index contributed by atoms with van der Waals surface area (Å²) in [5, 5.41) is 2.84. The van der Waals surface area contributed by atoms with Gasteiger partial charge in [0, 0.05) is 23.7 Å². The fourth-order valence-corrected chi connectivity index (χ4v) is 3.57. The predicted octanol–water partition coefficient (Wildman–Crippen LogP) is 4.29. The zero-order chi connectivity index (χ0) is 20.6. The predicted molar refractivity (Wildman–Crippen MR) is 113 cm³/mol. The van der Waals surface area contributed by atoms with Gasteiger partial charge in [-0.2, -0.15) is 0 Å². The zero-order valence-electron chi connectivity index (χ0n) is 16.3. The van der Waals surface area contributed by atoms with Crippen molar-refractivity contribution in [2.75, 3.05) is 25.2 Å². The van der Waals surface area contributed by atoms with E-state index in [-0.39, 0.29) is 17.6 Å². The van der Waals surface area contributed by atoms with Gasteiger partial charge in [-0.3, -0.25) is 9.59 Å². The molecule has 2 aromatic carbocycles. The molecule has 150 valence electrons. The lowest BCUT2D eigenvalue weighted by Crippen LogP contribution is -2.26. The lowest BCUT2D eigenvalue weighted by Gasteiger charge is -2.17. The Labute approximate surface area is 173 Å². The van der Waals surface area contributed by atoms with Crippen LogP contribution in [0.2, 0.25) is 0 Å². The number of hydrogen-bond acceptors (Lipinski definition) is 5. The van der Waals surface area contributed by atoms with Crippen LogP contribution in [0.4, 0.5) is 5.69 Å². The average Bonchev–Trinajstić information content (AvgIpc) is 3.25. The van der Waals surface area contributed by atoms with Crippen molar-refractivity contribution >= 4 is 29.3 Å². The van der Waals surface area contributed by atoms with E-state index >= 15 is 0 Å². The van der Waals surface area contributed by atoms with E-state index in [1.54, 1.807) is 49.6 Å². The summed E-state index contributed by atoms with van der Waals surface area (Å²) in [6, 6.07) is 18.1. The van der Waals surface area contributed by atoms with E-state index in [2.05, 4.69) is 5.32 Å². The van der Waals surface area contributed by atoms with Gasteiger partial charge in [0.25, 0.3) is 5.91 Å². The van der Waals surface area contributed by atoms with E-state index in [1.807, 2.05) is 36.4 Å². The van der Waals surface area contributed by atoms with Crippen LogP contribution in [0.15, 0.2) is 76.2 Å². The molecular weight excluding hydrogens is 388 g/mol. The Morgan fingerprint density at radius 2 is 1.93 bits per heavy atom. The van der Waals surface area contributed by atoms with Crippen LogP contribution in [-0.2, 0) is 11.3 Å². The Morgan fingerprint density at radius 3 is 2.69 bits per heavy atom. The maximum Gasteiger partial charge on any atom is 0.255 e. The summed E-state index contributed by atoms with van der Waals surface area (Å²) < 4.78 is 10.5. The molecule has 0 unspecified atom stereocenters. The molecule has 3 rings (SSSR count). The van der Waals surface area contributed by atoms with Crippen molar-refractivity contribution in [3.63, 3.8) is 0 Å². The van der Waals surface area contributed by atoms with Crippen LogP contribution in [0.3, 0.4) is 0 Å². The molecule has 7 heteroatoms. The summed E-state index contributed by atoms with van der Waals surface area (Å²) in [5.74, 6) is 1.28. The van der Waals surface area contributed by atoms with E-state index in [0.29, 0.717) is 29.3 Å². The lowest BCUT2D eigenvalue weighted by atomic mass is 10.2. The van der Waals surface area contributed by atoms with Gasteiger partial charge in [-0.05, 0) is 36.4 Å². The van der Waals surface area contributed by atoms with Gasteiger partial charge < -0.3 is 19.4 Å². The molecule has 0 fully saturated rings. The number of methoxy groups -OCH3 is 1. The minimum Gasteiger partial charge on any atom is -0.497 e. The maximum absolute atomic E-state index is 12.9. The standard InChI is InChI=1S/C22H22N2O4S/c1-24(14-18-9-6-12-28-18)22(26)19-10-3-4-11-20(19)29-15-21(25)23-16-7-5-8-17(13-16)27-2/h3-13H,14-15H2,1-2H3,(H,23,25). The quantitative estimate of drug-likeness (QED) is 0.561. The smallest absolute Gasteiger partial charge is 0.255 e. The number of nitrogens with one attached hydrogen (secondary N) is 1. The topological polar surface area (TPSA) is 71.8 Å². The second kappa shape index (κ2) is 9.84. The number of amides is 2. The molecule has 1 N–H and O–H groups in total. The van der Waals surface area contributed by atoms with Crippen LogP contribution in [0.1, 0.15) is 16.1 Å². The molecule has 0 saturated carbocycles. The van der Waals surface area contributed by atoms with Gasteiger partial charge in [0.1, 0.15) is 11.5 Å². The number of furan rings is 1. The Bertz CT molecular complexity index is 972. The molecule has 0 aliphatic carbocycles. The summed E-state index contributed by atoms with van der Waals surface area (Å²) in [6.07, 6.45) is 1.58. The van der Waals surface area contributed by atoms with Crippen molar-refractivity contribution in [2.24, 2.45) is 0 Å². The van der Waals surface area contributed by atoms with Crippen molar-refractivity contribution in [1.82, 2.24) is 4.90 Å². The highest BCUT2D eigenvalue weighted by Crippen LogP contribution is 2.25. The maximum atomic E-state index is 12.9. The van der Waals surface area contributed by atoms with Gasteiger partial charge in [0.05, 0.1) is 31.2 Å². The average molecular weight is 410 g/mol. The van der Waals surface area contributed by atoms with Gasteiger partial charge >= 0.3 is 0 Å². The highest BCUT2D eigenvalue weighted by atomic mass is 32.2. The SMILES string of the molecule is COc1cccc(NC(=O)CSc2ccccc2C(=O)N(C)Cc2ccco2)c1. The molecule has 0 saturated heterocycles. The first kappa shape index (κ1) is 20.5. The minimum absolute atomic E-state index is 0.127. The number of nitrogens with zero attached hydrogens (tertiary/aromatic N) is 1. The molecule has 0 radical (unpaired) electrons. The second-order valence-corrected chi connectivity index (χ2v) is 7.32. The van der Waals surface area contributed by atoms with Crippen LogP contribution in [0.5, 0.6) is 5.75 Å². The summed E-state index contributed by atoms with van der Waals surface area (Å²) >= 11 is 1.32. The minimum atomic E-state index is -0.158. The van der Waals surface area contributed by atoms with Crippen LogP contribution in [-0.4, -0.2) is 36.6 Å². The van der Waals surface area contributed by atoms with E-state index < -0.39 is 0 Å². The highest BCUT2D eigenvalue weighted by Gasteiger charge is 2.17. The van der Waals surface area contributed by atoms with E-state index in [0.717, 1.165) is 4.90 Å². The molecule has 6 nitrogen and oxygen atoms in total. The van der Waals surface area contributed by atoms with Crippen molar-refractivity contribution in [3.05, 3.63) is 78.3 Å². The first-order valence-corrected chi connectivity index (χ1v) is 9.99. The van der Waals surface area contributed by atoms with E-state index in [4.69, 9.17) is 9.15 Å². The molecule has 3 aromatic rings. The number of carbonyl (C=O) groups is 2. The Hall–Kier alpha value is -3.19. The summed E-state index contributed by atoms with van der Waals surface area (Å²) in [6.45, 7) is 0.376. The monoisotopic (exact) mass is 410 g/mol. The van der Waals surface area contributed by atoms with Gasteiger partial charge in [-0.25, -0.2) is 0 Å². The summed E-state index contributed by atoms with van der Waals surface area (Å²) in [5.41, 5.74) is 1.22. The zero-order valence-corrected chi connectivity index (χ0v) is 17.1. The second-order valence-electron chi connectivity index (χ2n) is 6.31. The Balaban J connectivity index is 1.62. The number of rotatable bonds is 8. The van der Waals surface area contributed by atoms with Gasteiger partial charge in [0.15, 0.2) is 0 Å². The van der Waals surface area contributed by atoms with Gasteiger partial charge in [-0.15, -0.1) is 11.8 Å². The molecule has 0 aliphatic rings. The third kappa shape index (κ3) is 5.65. The molecule has 0 atom stereocenters. The van der Waals surface area contributed by atoms with Gasteiger partial charge in [0.2, 0.25) is 5.91 Å². The number of anilines is 1. The molecule has 1 aromatic heterocycles. The fraction of sp³-hybridized carbons (Fsp3) is 0.182. The fourth-order valence-electron chi connectivity index (χ4n) is 2.72. The number of ether oxygens (including phenoxy) is 1. The van der Waals surface area contributed by atoms with Gasteiger partial charge in [-0.1, -0.05) is 18.2 Å². The molecule has 29 heavy (non-hydrogen) atoms. The lowest BCUT2D eigenvalue weighted by molar-refractivity contribution is -0.113. The van der Waals surface area contributed by atoms with Crippen LogP contribution >= 0.6 is 11.8 Å². The van der Waals surface area contributed by atoms with Crippen LogP contribution < -0.4 is 10.1 Å².